The van der Waals surface area contributed by atoms with Crippen LogP contribution in [0.2, 0.25) is 0 Å². The molecule has 0 aliphatic heterocycles. The third-order valence-electron chi connectivity index (χ3n) is 2.21. The standard InChI is InChI=1S/C10H11F2NO3/c1-5-4-13-10(15)6(3-7(14)16-2)8(5)9(11)12/h4,9H,3H2,1-2H3,(H,13,15). The van der Waals surface area contributed by atoms with Crippen molar-refractivity contribution in [2.45, 2.75) is 19.8 Å². The van der Waals surface area contributed by atoms with Crippen LogP contribution in [0.5, 0.6) is 0 Å². The quantitative estimate of drug-likeness (QED) is 0.798. The summed E-state index contributed by atoms with van der Waals surface area (Å²) in [7, 11) is 1.13. The number of rotatable bonds is 3. The van der Waals surface area contributed by atoms with Crippen LogP contribution in [-0.4, -0.2) is 18.1 Å². The summed E-state index contributed by atoms with van der Waals surface area (Å²) in [6, 6.07) is 0. The van der Waals surface area contributed by atoms with Crippen molar-refractivity contribution >= 4 is 5.97 Å². The van der Waals surface area contributed by atoms with Crippen molar-refractivity contribution in [1.29, 1.82) is 0 Å². The number of halogens is 2. The van der Waals surface area contributed by atoms with Gasteiger partial charge in [-0.2, -0.15) is 0 Å². The highest BCUT2D eigenvalue weighted by molar-refractivity contribution is 5.72. The number of pyridine rings is 1. The van der Waals surface area contributed by atoms with Crippen LogP contribution in [0.3, 0.4) is 0 Å². The average Bonchev–Trinajstić information content (AvgIpc) is 2.22. The second kappa shape index (κ2) is 4.87. The smallest absolute Gasteiger partial charge is 0.310 e. The molecule has 6 heteroatoms. The summed E-state index contributed by atoms with van der Waals surface area (Å²) in [5.74, 6) is -0.724. The number of aromatic nitrogens is 1. The fourth-order valence-electron chi connectivity index (χ4n) is 1.39. The summed E-state index contributed by atoms with van der Waals surface area (Å²) in [5.41, 5.74) is -1.07. The molecule has 88 valence electrons. The van der Waals surface area contributed by atoms with Gasteiger partial charge < -0.3 is 9.72 Å². The largest absolute Gasteiger partial charge is 0.469 e. The molecule has 1 rings (SSSR count). The monoisotopic (exact) mass is 231 g/mol. The van der Waals surface area contributed by atoms with Crippen LogP contribution in [0.15, 0.2) is 11.0 Å². The predicted molar refractivity (Wildman–Crippen MR) is 52.5 cm³/mol. The Bertz CT molecular complexity index is 454. The minimum atomic E-state index is -2.79. The van der Waals surface area contributed by atoms with Crippen molar-refractivity contribution in [3.8, 4) is 0 Å². The Balaban J connectivity index is 3.29. The minimum absolute atomic E-state index is 0.234. The van der Waals surface area contributed by atoms with Crippen molar-refractivity contribution < 1.29 is 18.3 Å². The molecular formula is C10H11F2NO3. The van der Waals surface area contributed by atoms with E-state index in [1.807, 2.05) is 0 Å². The van der Waals surface area contributed by atoms with Gasteiger partial charge in [0.15, 0.2) is 0 Å². The Morgan fingerprint density at radius 2 is 2.19 bits per heavy atom. The van der Waals surface area contributed by atoms with Gasteiger partial charge in [-0.05, 0) is 12.5 Å². The van der Waals surface area contributed by atoms with Crippen LogP contribution < -0.4 is 5.56 Å². The summed E-state index contributed by atoms with van der Waals surface area (Å²) in [6.07, 6.45) is -2.04. The summed E-state index contributed by atoms with van der Waals surface area (Å²) < 4.78 is 29.8. The highest BCUT2D eigenvalue weighted by atomic mass is 19.3. The molecule has 0 saturated heterocycles. The number of carbonyl (C=O) groups excluding carboxylic acids is 1. The Morgan fingerprint density at radius 1 is 1.56 bits per heavy atom. The van der Waals surface area contributed by atoms with Crippen LogP contribution in [-0.2, 0) is 16.0 Å². The number of esters is 1. The third-order valence-corrected chi connectivity index (χ3v) is 2.21. The molecule has 1 aromatic rings. The van der Waals surface area contributed by atoms with Crippen molar-refractivity contribution in [1.82, 2.24) is 4.98 Å². The molecule has 1 heterocycles. The first-order valence-corrected chi connectivity index (χ1v) is 4.53. The molecular weight excluding hydrogens is 220 g/mol. The Morgan fingerprint density at radius 3 is 2.69 bits per heavy atom. The third kappa shape index (κ3) is 2.44. The van der Waals surface area contributed by atoms with E-state index in [2.05, 4.69) is 9.72 Å². The van der Waals surface area contributed by atoms with Gasteiger partial charge in [0.1, 0.15) is 0 Å². The van der Waals surface area contributed by atoms with Crippen molar-refractivity contribution in [3.05, 3.63) is 33.2 Å². The molecule has 0 unspecified atom stereocenters. The molecule has 0 spiro atoms. The average molecular weight is 231 g/mol. The molecule has 0 aliphatic rings. The van der Waals surface area contributed by atoms with Gasteiger partial charge >= 0.3 is 5.97 Å². The van der Waals surface area contributed by atoms with Gasteiger partial charge in [-0.1, -0.05) is 0 Å². The summed E-state index contributed by atoms with van der Waals surface area (Å²) in [4.78, 5) is 24.6. The van der Waals surface area contributed by atoms with Gasteiger partial charge in [0.05, 0.1) is 13.5 Å². The highest BCUT2D eigenvalue weighted by Crippen LogP contribution is 2.24. The number of ether oxygens (including phenoxy) is 1. The molecule has 0 fully saturated rings. The second-order valence-corrected chi connectivity index (χ2v) is 3.25. The maximum atomic E-state index is 12.7. The summed E-state index contributed by atoms with van der Waals surface area (Å²) in [6.45, 7) is 1.44. The Hall–Kier alpha value is -1.72. The zero-order chi connectivity index (χ0) is 12.3. The number of hydrogen-bond donors (Lipinski definition) is 1. The number of nitrogens with one attached hydrogen (secondary N) is 1. The van der Waals surface area contributed by atoms with E-state index < -0.39 is 29.9 Å². The van der Waals surface area contributed by atoms with Gasteiger partial charge in [-0.25, -0.2) is 8.78 Å². The number of aromatic amines is 1. The van der Waals surface area contributed by atoms with Crippen LogP contribution >= 0.6 is 0 Å². The normalized spacial score (nSPS) is 10.6. The molecule has 16 heavy (non-hydrogen) atoms. The fourth-order valence-corrected chi connectivity index (χ4v) is 1.39. The topological polar surface area (TPSA) is 59.2 Å². The lowest BCUT2D eigenvalue weighted by Crippen LogP contribution is -2.20. The number of hydrogen-bond acceptors (Lipinski definition) is 3. The molecule has 1 aromatic heterocycles. The zero-order valence-electron chi connectivity index (χ0n) is 8.84. The summed E-state index contributed by atoms with van der Waals surface area (Å²) in [5, 5.41) is 0. The molecule has 0 bridgehead atoms. The lowest BCUT2D eigenvalue weighted by Gasteiger charge is -2.09. The van der Waals surface area contributed by atoms with Crippen molar-refractivity contribution in [2.75, 3.05) is 7.11 Å². The van der Waals surface area contributed by atoms with E-state index in [1.54, 1.807) is 0 Å². The minimum Gasteiger partial charge on any atom is -0.469 e. The lowest BCUT2D eigenvalue weighted by atomic mass is 10.0. The highest BCUT2D eigenvalue weighted by Gasteiger charge is 2.20. The number of alkyl halides is 2. The van der Waals surface area contributed by atoms with Gasteiger partial charge in [0.25, 0.3) is 12.0 Å². The van der Waals surface area contributed by atoms with E-state index >= 15 is 0 Å². The first-order chi connectivity index (χ1) is 7.47. The van der Waals surface area contributed by atoms with E-state index in [9.17, 15) is 18.4 Å². The predicted octanol–water partition coefficient (Wildman–Crippen LogP) is 1.34. The van der Waals surface area contributed by atoms with Crippen LogP contribution in [0.1, 0.15) is 23.1 Å². The van der Waals surface area contributed by atoms with Crippen molar-refractivity contribution in [3.63, 3.8) is 0 Å². The summed E-state index contributed by atoms with van der Waals surface area (Å²) >= 11 is 0. The van der Waals surface area contributed by atoms with E-state index in [1.165, 1.54) is 13.1 Å². The van der Waals surface area contributed by atoms with Crippen LogP contribution in [0.4, 0.5) is 8.78 Å². The van der Waals surface area contributed by atoms with Crippen molar-refractivity contribution in [2.24, 2.45) is 0 Å². The first kappa shape index (κ1) is 12.4. The first-order valence-electron chi connectivity index (χ1n) is 4.53. The Labute approximate surface area is 90.2 Å². The molecule has 0 aliphatic carbocycles. The zero-order valence-corrected chi connectivity index (χ0v) is 8.84. The molecule has 1 N–H and O–H groups in total. The number of aryl methyl sites for hydroxylation is 1. The van der Waals surface area contributed by atoms with E-state index in [4.69, 9.17) is 0 Å². The number of methoxy groups -OCH3 is 1. The van der Waals surface area contributed by atoms with E-state index in [0.717, 1.165) is 7.11 Å². The number of carbonyl (C=O) groups is 1. The molecule has 4 nitrogen and oxygen atoms in total. The van der Waals surface area contributed by atoms with E-state index in [0.29, 0.717) is 0 Å². The fraction of sp³-hybridized carbons (Fsp3) is 0.400. The Kier molecular flexibility index (Phi) is 3.76. The van der Waals surface area contributed by atoms with Crippen LogP contribution in [0, 0.1) is 6.92 Å². The molecule has 0 amide bonds. The molecule has 0 radical (unpaired) electrons. The molecule has 0 aromatic carbocycles. The number of H-pyrrole nitrogens is 1. The van der Waals surface area contributed by atoms with Gasteiger partial charge in [-0.3, -0.25) is 9.59 Å². The van der Waals surface area contributed by atoms with Gasteiger partial charge in [0, 0.05) is 17.3 Å². The SMILES string of the molecule is COC(=O)Cc1c(C(F)F)c(C)c[nH]c1=O. The maximum absolute atomic E-state index is 12.7. The maximum Gasteiger partial charge on any atom is 0.310 e. The van der Waals surface area contributed by atoms with Crippen LogP contribution in [0.25, 0.3) is 0 Å². The lowest BCUT2D eigenvalue weighted by molar-refractivity contribution is -0.139. The molecule has 0 saturated carbocycles. The van der Waals surface area contributed by atoms with Gasteiger partial charge in [-0.15, -0.1) is 0 Å². The second-order valence-electron chi connectivity index (χ2n) is 3.25. The van der Waals surface area contributed by atoms with E-state index in [-0.39, 0.29) is 11.1 Å². The molecule has 0 atom stereocenters. The van der Waals surface area contributed by atoms with Gasteiger partial charge in [0.2, 0.25) is 0 Å².